The van der Waals surface area contributed by atoms with Crippen molar-refractivity contribution in [3.8, 4) is 0 Å². The molecule has 2 aromatic rings. The quantitative estimate of drug-likeness (QED) is 0.795. The van der Waals surface area contributed by atoms with Crippen molar-refractivity contribution in [3.05, 3.63) is 52.6 Å². The average Bonchev–Trinajstić information content (AvgIpc) is 2.85. The number of hydrogen-bond acceptors (Lipinski definition) is 3. The second-order valence-corrected chi connectivity index (χ2v) is 5.84. The fourth-order valence-electron chi connectivity index (χ4n) is 2.21. The third-order valence-electron chi connectivity index (χ3n) is 3.13. The van der Waals surface area contributed by atoms with Gasteiger partial charge in [0.05, 0.1) is 18.1 Å². The van der Waals surface area contributed by atoms with Crippen molar-refractivity contribution in [1.29, 1.82) is 0 Å². The summed E-state index contributed by atoms with van der Waals surface area (Å²) < 4.78 is 0. The van der Waals surface area contributed by atoms with Crippen LogP contribution in [0.2, 0.25) is 5.15 Å². The molecule has 3 rings (SSSR count). The lowest BCUT2D eigenvalue weighted by atomic mass is 10.1. The van der Waals surface area contributed by atoms with Crippen molar-refractivity contribution in [2.45, 2.75) is 29.9 Å². The van der Waals surface area contributed by atoms with Gasteiger partial charge in [-0.2, -0.15) is 0 Å². The molecule has 1 aliphatic carbocycles. The molecule has 18 heavy (non-hydrogen) atoms. The molecule has 0 radical (unpaired) electrons. The highest BCUT2D eigenvalue weighted by atomic mass is 35.5. The van der Waals surface area contributed by atoms with E-state index in [9.17, 15) is 0 Å². The zero-order valence-electron chi connectivity index (χ0n) is 9.90. The Bertz CT molecular complexity index is 554. The van der Waals surface area contributed by atoms with Crippen LogP contribution < -0.4 is 0 Å². The standard InChI is InChI=1S/C14H13ClN2S/c15-14-8-16-12(7-17-14)9-18-13-5-4-10-2-1-3-11(10)6-13/h4-8H,1-3,9H2. The highest BCUT2D eigenvalue weighted by Gasteiger charge is 2.10. The van der Waals surface area contributed by atoms with Crippen LogP contribution in [-0.4, -0.2) is 9.97 Å². The molecule has 0 unspecified atom stereocenters. The van der Waals surface area contributed by atoms with Gasteiger partial charge in [-0.25, -0.2) is 4.98 Å². The first-order chi connectivity index (χ1) is 8.81. The third-order valence-corrected chi connectivity index (χ3v) is 4.35. The van der Waals surface area contributed by atoms with E-state index in [1.807, 2.05) is 0 Å². The van der Waals surface area contributed by atoms with Crippen molar-refractivity contribution in [3.63, 3.8) is 0 Å². The molecule has 0 spiro atoms. The third kappa shape index (κ3) is 2.68. The van der Waals surface area contributed by atoms with Crippen LogP contribution in [0, 0.1) is 0 Å². The molecular formula is C14H13ClN2S. The number of fused-ring (bicyclic) bond motifs is 1. The largest absolute Gasteiger partial charge is 0.256 e. The number of aryl methyl sites for hydroxylation is 2. The summed E-state index contributed by atoms with van der Waals surface area (Å²) in [4.78, 5) is 9.60. The molecule has 1 aliphatic rings. The summed E-state index contributed by atoms with van der Waals surface area (Å²) in [7, 11) is 0. The van der Waals surface area contributed by atoms with Gasteiger partial charge in [-0.1, -0.05) is 17.7 Å². The van der Waals surface area contributed by atoms with Gasteiger partial charge >= 0.3 is 0 Å². The molecule has 0 saturated carbocycles. The first kappa shape index (κ1) is 12.0. The van der Waals surface area contributed by atoms with Gasteiger partial charge in [0.2, 0.25) is 0 Å². The normalized spacial score (nSPS) is 13.6. The minimum absolute atomic E-state index is 0.446. The number of benzene rings is 1. The van der Waals surface area contributed by atoms with Gasteiger partial charge in [0.1, 0.15) is 5.15 Å². The van der Waals surface area contributed by atoms with Gasteiger partial charge in [-0.15, -0.1) is 11.8 Å². The van der Waals surface area contributed by atoms with Gasteiger partial charge in [0.15, 0.2) is 0 Å². The fraction of sp³-hybridized carbons (Fsp3) is 0.286. The Labute approximate surface area is 116 Å². The zero-order chi connectivity index (χ0) is 12.4. The zero-order valence-corrected chi connectivity index (χ0v) is 11.5. The lowest BCUT2D eigenvalue weighted by Crippen LogP contribution is -1.89. The molecular weight excluding hydrogens is 264 g/mol. The number of rotatable bonds is 3. The van der Waals surface area contributed by atoms with E-state index in [0.717, 1.165) is 11.4 Å². The van der Waals surface area contributed by atoms with E-state index < -0.39 is 0 Å². The first-order valence-corrected chi connectivity index (χ1v) is 7.39. The Hall–Kier alpha value is -1.06. The Kier molecular flexibility index (Phi) is 3.52. The van der Waals surface area contributed by atoms with Crippen LogP contribution in [-0.2, 0) is 18.6 Å². The maximum absolute atomic E-state index is 5.71. The van der Waals surface area contributed by atoms with Gasteiger partial charge < -0.3 is 0 Å². The van der Waals surface area contributed by atoms with E-state index in [1.54, 1.807) is 24.2 Å². The fourth-order valence-corrected chi connectivity index (χ4v) is 3.16. The van der Waals surface area contributed by atoms with Crippen molar-refractivity contribution in [2.75, 3.05) is 0 Å². The smallest absolute Gasteiger partial charge is 0.147 e. The summed E-state index contributed by atoms with van der Waals surface area (Å²) in [6.45, 7) is 0. The summed E-state index contributed by atoms with van der Waals surface area (Å²) in [5.41, 5.74) is 4.00. The van der Waals surface area contributed by atoms with Gasteiger partial charge in [-0.05, 0) is 42.5 Å². The number of nitrogens with zero attached hydrogens (tertiary/aromatic N) is 2. The molecule has 1 heterocycles. The van der Waals surface area contributed by atoms with E-state index in [0.29, 0.717) is 5.15 Å². The SMILES string of the molecule is Clc1cnc(CSc2ccc3c(c2)CCC3)cn1. The number of halogens is 1. The predicted octanol–water partition coefficient (Wildman–Crippen LogP) is 3.91. The van der Waals surface area contributed by atoms with Crippen LogP contribution in [0.1, 0.15) is 23.2 Å². The summed E-state index contributed by atoms with van der Waals surface area (Å²) >= 11 is 7.51. The molecule has 4 heteroatoms. The van der Waals surface area contributed by atoms with Gasteiger partial charge in [-0.3, -0.25) is 4.98 Å². The summed E-state index contributed by atoms with van der Waals surface area (Å²) in [6, 6.07) is 6.78. The van der Waals surface area contributed by atoms with Gasteiger partial charge in [0, 0.05) is 10.6 Å². The summed E-state index contributed by atoms with van der Waals surface area (Å²) in [6.07, 6.45) is 7.10. The molecule has 0 N–H and O–H groups in total. The van der Waals surface area contributed by atoms with E-state index >= 15 is 0 Å². The maximum atomic E-state index is 5.71. The highest BCUT2D eigenvalue weighted by molar-refractivity contribution is 7.98. The molecule has 0 bridgehead atoms. The van der Waals surface area contributed by atoms with Crippen LogP contribution in [0.4, 0.5) is 0 Å². The van der Waals surface area contributed by atoms with Crippen molar-refractivity contribution < 1.29 is 0 Å². The molecule has 1 aromatic carbocycles. The molecule has 0 saturated heterocycles. The van der Waals surface area contributed by atoms with Crippen molar-refractivity contribution in [1.82, 2.24) is 9.97 Å². The molecule has 1 aromatic heterocycles. The van der Waals surface area contributed by atoms with E-state index in [4.69, 9.17) is 11.6 Å². The second kappa shape index (κ2) is 5.29. The highest BCUT2D eigenvalue weighted by Crippen LogP contribution is 2.28. The number of aromatic nitrogens is 2. The molecule has 0 atom stereocenters. The van der Waals surface area contributed by atoms with Crippen molar-refractivity contribution >= 4 is 23.4 Å². The average molecular weight is 277 g/mol. The molecule has 2 nitrogen and oxygen atoms in total. The molecule has 0 aliphatic heterocycles. The minimum Gasteiger partial charge on any atom is -0.256 e. The van der Waals surface area contributed by atoms with Crippen LogP contribution in [0.15, 0.2) is 35.5 Å². The van der Waals surface area contributed by atoms with E-state index in [2.05, 4.69) is 28.2 Å². The monoisotopic (exact) mass is 276 g/mol. The molecule has 0 amide bonds. The predicted molar refractivity (Wildman–Crippen MR) is 75.1 cm³/mol. The lowest BCUT2D eigenvalue weighted by Gasteiger charge is -2.04. The minimum atomic E-state index is 0.446. The Balaban J connectivity index is 1.68. The Morgan fingerprint density at radius 2 is 2.00 bits per heavy atom. The van der Waals surface area contributed by atoms with Gasteiger partial charge in [0.25, 0.3) is 0 Å². The maximum Gasteiger partial charge on any atom is 0.147 e. The molecule has 92 valence electrons. The number of hydrogen-bond donors (Lipinski definition) is 0. The Morgan fingerprint density at radius 3 is 2.83 bits per heavy atom. The topological polar surface area (TPSA) is 25.8 Å². The van der Waals surface area contributed by atoms with Crippen molar-refractivity contribution in [2.24, 2.45) is 0 Å². The van der Waals surface area contributed by atoms with E-state index in [-0.39, 0.29) is 0 Å². The van der Waals surface area contributed by atoms with Crippen LogP contribution in [0.5, 0.6) is 0 Å². The first-order valence-electron chi connectivity index (χ1n) is 6.02. The molecule has 0 fully saturated rings. The summed E-state index contributed by atoms with van der Waals surface area (Å²) in [5, 5.41) is 0.446. The van der Waals surface area contributed by atoms with E-state index in [1.165, 1.54) is 35.3 Å². The lowest BCUT2D eigenvalue weighted by molar-refractivity contribution is 0.911. The van der Waals surface area contributed by atoms with Crippen LogP contribution >= 0.6 is 23.4 Å². The second-order valence-electron chi connectivity index (χ2n) is 4.40. The Morgan fingerprint density at radius 1 is 1.11 bits per heavy atom. The van der Waals surface area contributed by atoms with Crippen LogP contribution in [0.25, 0.3) is 0 Å². The number of thioether (sulfide) groups is 1. The summed E-state index contributed by atoms with van der Waals surface area (Å²) in [5.74, 6) is 0.836. The van der Waals surface area contributed by atoms with Crippen LogP contribution in [0.3, 0.4) is 0 Å².